The minimum Gasteiger partial charge on any atom is -0.496 e. The molecule has 0 aromatic heterocycles. The number of hydrogen-bond acceptors (Lipinski definition) is 2. The summed E-state index contributed by atoms with van der Waals surface area (Å²) in [6, 6.07) is 6.37. The molecule has 18 heavy (non-hydrogen) atoms. The molecule has 2 rings (SSSR count). The summed E-state index contributed by atoms with van der Waals surface area (Å²) in [5.74, 6) is 2.53. The fourth-order valence-electron chi connectivity index (χ4n) is 2.99. The van der Waals surface area contributed by atoms with Gasteiger partial charge in [0.1, 0.15) is 5.75 Å². The number of hydrogen-bond donors (Lipinski definition) is 0. The Morgan fingerprint density at radius 1 is 1.28 bits per heavy atom. The van der Waals surface area contributed by atoms with Crippen LogP contribution in [0.5, 0.6) is 5.75 Å². The molecule has 1 aliphatic rings. The molecule has 0 saturated carbocycles. The molecule has 0 aliphatic carbocycles. The molecular formula is C15H22BrNO. The van der Waals surface area contributed by atoms with Gasteiger partial charge >= 0.3 is 0 Å². The molecule has 1 heterocycles. The minimum absolute atomic E-state index is 0.815. The first-order valence-corrected chi connectivity index (χ1v) is 7.42. The Morgan fingerprint density at radius 2 is 1.94 bits per heavy atom. The molecule has 0 bridgehead atoms. The lowest BCUT2D eigenvalue weighted by Gasteiger charge is -2.35. The Bertz CT molecular complexity index is 397. The normalized spacial score (nSPS) is 25.1. The maximum atomic E-state index is 5.26. The molecule has 1 aromatic carbocycles. The number of ether oxygens (including phenoxy) is 1. The first-order valence-electron chi connectivity index (χ1n) is 6.63. The highest BCUT2D eigenvalue weighted by molar-refractivity contribution is 9.10. The number of rotatable bonds is 3. The summed E-state index contributed by atoms with van der Waals surface area (Å²) in [7, 11) is 1.70. The summed E-state index contributed by atoms with van der Waals surface area (Å²) >= 11 is 3.55. The molecule has 1 aliphatic heterocycles. The van der Waals surface area contributed by atoms with Crippen molar-refractivity contribution >= 4 is 15.9 Å². The van der Waals surface area contributed by atoms with Crippen LogP contribution in [0, 0.1) is 11.8 Å². The maximum absolute atomic E-state index is 5.26. The first-order chi connectivity index (χ1) is 8.58. The molecule has 2 unspecified atom stereocenters. The van der Waals surface area contributed by atoms with Gasteiger partial charge < -0.3 is 4.74 Å². The number of methoxy groups -OCH3 is 1. The SMILES string of the molecule is COc1ccc(CN2CC(C)CC(C)C2)cc1Br. The smallest absolute Gasteiger partial charge is 0.133 e. The summed E-state index contributed by atoms with van der Waals surface area (Å²) in [4.78, 5) is 2.56. The standard InChI is InChI=1S/C15H22BrNO/c1-11-6-12(2)9-17(8-11)10-13-4-5-15(18-3)14(16)7-13/h4-5,7,11-12H,6,8-10H2,1-3H3. The van der Waals surface area contributed by atoms with E-state index in [2.05, 4.69) is 46.8 Å². The maximum Gasteiger partial charge on any atom is 0.133 e. The summed E-state index contributed by atoms with van der Waals surface area (Å²) in [6.07, 6.45) is 1.36. The van der Waals surface area contributed by atoms with Crippen molar-refractivity contribution in [3.05, 3.63) is 28.2 Å². The van der Waals surface area contributed by atoms with E-state index in [0.29, 0.717) is 0 Å². The van der Waals surface area contributed by atoms with Crippen molar-refractivity contribution < 1.29 is 4.74 Å². The monoisotopic (exact) mass is 311 g/mol. The second-order valence-corrected chi connectivity index (χ2v) is 6.46. The molecule has 0 amide bonds. The van der Waals surface area contributed by atoms with Crippen molar-refractivity contribution in [2.45, 2.75) is 26.8 Å². The van der Waals surface area contributed by atoms with Crippen molar-refractivity contribution in [2.24, 2.45) is 11.8 Å². The van der Waals surface area contributed by atoms with Crippen LogP contribution in [-0.2, 0) is 6.54 Å². The molecule has 3 heteroatoms. The Kier molecular flexibility index (Phi) is 4.68. The van der Waals surface area contributed by atoms with E-state index < -0.39 is 0 Å². The lowest BCUT2D eigenvalue weighted by molar-refractivity contribution is 0.134. The fourth-order valence-corrected chi connectivity index (χ4v) is 3.58. The van der Waals surface area contributed by atoms with E-state index in [0.717, 1.165) is 28.6 Å². The van der Waals surface area contributed by atoms with Crippen molar-refractivity contribution in [1.29, 1.82) is 0 Å². The lowest BCUT2D eigenvalue weighted by Crippen LogP contribution is -2.38. The lowest BCUT2D eigenvalue weighted by atomic mass is 9.91. The highest BCUT2D eigenvalue weighted by Crippen LogP contribution is 2.27. The van der Waals surface area contributed by atoms with E-state index in [-0.39, 0.29) is 0 Å². The molecule has 1 fully saturated rings. The number of halogens is 1. The third kappa shape index (κ3) is 3.48. The van der Waals surface area contributed by atoms with Crippen LogP contribution in [0.3, 0.4) is 0 Å². The van der Waals surface area contributed by atoms with Gasteiger partial charge in [-0.1, -0.05) is 19.9 Å². The van der Waals surface area contributed by atoms with Crippen LogP contribution < -0.4 is 4.74 Å². The average Bonchev–Trinajstić information content (AvgIpc) is 2.27. The van der Waals surface area contributed by atoms with Gasteiger partial charge in [0.2, 0.25) is 0 Å². The van der Waals surface area contributed by atoms with Gasteiger partial charge in [-0.15, -0.1) is 0 Å². The van der Waals surface area contributed by atoms with Crippen LogP contribution in [0.1, 0.15) is 25.8 Å². The molecular weight excluding hydrogens is 290 g/mol. The molecule has 0 N–H and O–H groups in total. The van der Waals surface area contributed by atoms with Gasteiger partial charge in [0.25, 0.3) is 0 Å². The number of likely N-dealkylation sites (tertiary alicyclic amines) is 1. The van der Waals surface area contributed by atoms with Crippen molar-refractivity contribution in [2.75, 3.05) is 20.2 Å². The summed E-state index contributed by atoms with van der Waals surface area (Å²) in [6.45, 7) is 8.18. The molecule has 0 spiro atoms. The van der Waals surface area contributed by atoms with Gasteiger partial charge in [-0.3, -0.25) is 4.90 Å². The quantitative estimate of drug-likeness (QED) is 0.838. The van der Waals surface area contributed by atoms with Gasteiger partial charge in [-0.25, -0.2) is 0 Å². The third-order valence-corrected chi connectivity index (χ3v) is 4.19. The summed E-state index contributed by atoms with van der Waals surface area (Å²) < 4.78 is 6.31. The van der Waals surface area contributed by atoms with Gasteiger partial charge in [0, 0.05) is 19.6 Å². The number of nitrogens with zero attached hydrogens (tertiary/aromatic N) is 1. The molecule has 1 saturated heterocycles. The average molecular weight is 312 g/mol. The van der Waals surface area contributed by atoms with Crippen LogP contribution in [0.4, 0.5) is 0 Å². The first kappa shape index (κ1) is 13.9. The number of benzene rings is 1. The van der Waals surface area contributed by atoms with Crippen molar-refractivity contribution in [1.82, 2.24) is 4.90 Å². The van der Waals surface area contributed by atoms with E-state index >= 15 is 0 Å². The van der Waals surface area contributed by atoms with Crippen LogP contribution in [-0.4, -0.2) is 25.1 Å². The predicted octanol–water partition coefficient (Wildman–Crippen LogP) is 3.94. The zero-order valence-electron chi connectivity index (χ0n) is 11.4. The van der Waals surface area contributed by atoms with Crippen LogP contribution >= 0.6 is 15.9 Å². The summed E-state index contributed by atoms with van der Waals surface area (Å²) in [5, 5.41) is 0. The molecule has 1 aromatic rings. The van der Waals surface area contributed by atoms with E-state index in [9.17, 15) is 0 Å². The molecule has 0 radical (unpaired) electrons. The Hall–Kier alpha value is -0.540. The van der Waals surface area contributed by atoms with E-state index in [1.807, 2.05) is 6.07 Å². The van der Waals surface area contributed by atoms with Crippen molar-refractivity contribution in [3.8, 4) is 5.75 Å². The van der Waals surface area contributed by atoms with Gasteiger partial charge in [0.15, 0.2) is 0 Å². The highest BCUT2D eigenvalue weighted by atomic mass is 79.9. The van der Waals surface area contributed by atoms with Gasteiger partial charge in [0.05, 0.1) is 11.6 Å². The van der Waals surface area contributed by atoms with Crippen molar-refractivity contribution in [3.63, 3.8) is 0 Å². The van der Waals surface area contributed by atoms with E-state index in [1.165, 1.54) is 25.1 Å². The number of piperidine rings is 1. The summed E-state index contributed by atoms with van der Waals surface area (Å²) in [5.41, 5.74) is 1.35. The second kappa shape index (κ2) is 6.07. The topological polar surface area (TPSA) is 12.5 Å². The van der Waals surface area contributed by atoms with Crippen LogP contribution in [0.2, 0.25) is 0 Å². The molecule has 100 valence electrons. The highest BCUT2D eigenvalue weighted by Gasteiger charge is 2.21. The van der Waals surface area contributed by atoms with Gasteiger partial charge in [-0.05, 0) is 51.9 Å². The second-order valence-electron chi connectivity index (χ2n) is 5.61. The third-order valence-electron chi connectivity index (χ3n) is 3.57. The largest absolute Gasteiger partial charge is 0.496 e. The van der Waals surface area contributed by atoms with E-state index in [1.54, 1.807) is 7.11 Å². The molecule has 2 nitrogen and oxygen atoms in total. The Balaban J connectivity index is 2.02. The van der Waals surface area contributed by atoms with Crippen LogP contribution in [0.25, 0.3) is 0 Å². The van der Waals surface area contributed by atoms with Crippen LogP contribution in [0.15, 0.2) is 22.7 Å². The predicted molar refractivity (Wildman–Crippen MR) is 78.9 cm³/mol. The Morgan fingerprint density at radius 3 is 2.50 bits per heavy atom. The zero-order valence-corrected chi connectivity index (χ0v) is 13.0. The zero-order chi connectivity index (χ0) is 13.1. The molecule has 2 atom stereocenters. The Labute approximate surface area is 118 Å². The van der Waals surface area contributed by atoms with E-state index in [4.69, 9.17) is 4.74 Å². The minimum atomic E-state index is 0.815. The van der Waals surface area contributed by atoms with Gasteiger partial charge in [-0.2, -0.15) is 0 Å². The fraction of sp³-hybridized carbons (Fsp3) is 0.600.